The first-order chi connectivity index (χ1) is 10.6. The number of guanidine groups is 1. The van der Waals surface area contributed by atoms with Crippen molar-refractivity contribution in [3.05, 3.63) is 24.3 Å². The first kappa shape index (κ1) is 20.0. The third-order valence-electron chi connectivity index (χ3n) is 3.88. The number of likely N-dealkylation sites (tertiary alicyclic amines) is 1. The molecule has 1 aromatic rings. The molecule has 1 aromatic carbocycles. The number of rotatable bonds is 6. The zero-order chi connectivity index (χ0) is 15.9. The van der Waals surface area contributed by atoms with E-state index in [0.717, 1.165) is 30.4 Å². The average molecular weight is 432 g/mol. The normalized spacial score (nSPS) is 18.8. The minimum atomic E-state index is 0. The third kappa shape index (κ3) is 6.95. The molecule has 1 unspecified atom stereocenters. The molecular weight excluding hydrogens is 403 g/mol. The highest BCUT2D eigenvalue weighted by atomic mass is 127. The standard InChI is InChI=1S/C17H28N4O.HI/c1-13(2)11-21-9-8-14(12-21)10-19-17(18)20-15-4-6-16(22-3)7-5-15;/h4-7,13-14H,8-12H2,1-3H3,(H3,18,19,20);1H. The van der Waals surface area contributed by atoms with Crippen molar-refractivity contribution in [1.29, 1.82) is 0 Å². The van der Waals surface area contributed by atoms with Gasteiger partial charge in [-0.1, -0.05) is 13.8 Å². The highest BCUT2D eigenvalue weighted by Crippen LogP contribution is 2.18. The molecule has 130 valence electrons. The molecule has 1 aliphatic rings. The van der Waals surface area contributed by atoms with Gasteiger partial charge in [0, 0.05) is 25.3 Å². The summed E-state index contributed by atoms with van der Waals surface area (Å²) in [6, 6.07) is 7.66. The molecule has 0 aromatic heterocycles. The molecule has 0 bridgehead atoms. The molecule has 3 N–H and O–H groups in total. The second kappa shape index (κ2) is 9.97. The maximum atomic E-state index is 5.96. The first-order valence-corrected chi connectivity index (χ1v) is 8.00. The van der Waals surface area contributed by atoms with E-state index in [2.05, 4.69) is 29.1 Å². The lowest BCUT2D eigenvalue weighted by atomic mass is 10.1. The number of aliphatic imine (C=N–C) groups is 1. The Labute approximate surface area is 156 Å². The molecule has 0 saturated carbocycles. The van der Waals surface area contributed by atoms with Crippen LogP contribution in [0.2, 0.25) is 0 Å². The van der Waals surface area contributed by atoms with Crippen molar-refractivity contribution in [3.8, 4) is 5.75 Å². The summed E-state index contributed by atoms with van der Waals surface area (Å²) in [7, 11) is 1.66. The number of benzene rings is 1. The van der Waals surface area contributed by atoms with E-state index in [1.807, 2.05) is 24.3 Å². The predicted molar refractivity (Wildman–Crippen MR) is 108 cm³/mol. The fourth-order valence-corrected chi connectivity index (χ4v) is 2.83. The summed E-state index contributed by atoms with van der Waals surface area (Å²) in [6.07, 6.45) is 1.21. The Balaban J connectivity index is 0.00000264. The van der Waals surface area contributed by atoms with E-state index in [9.17, 15) is 0 Å². The summed E-state index contributed by atoms with van der Waals surface area (Å²) in [5.74, 6) is 2.66. The lowest BCUT2D eigenvalue weighted by Gasteiger charge is -2.17. The van der Waals surface area contributed by atoms with Crippen LogP contribution in [0.1, 0.15) is 20.3 Å². The highest BCUT2D eigenvalue weighted by molar-refractivity contribution is 14.0. The molecule has 23 heavy (non-hydrogen) atoms. The Morgan fingerprint density at radius 2 is 2.09 bits per heavy atom. The number of nitrogens with one attached hydrogen (secondary N) is 1. The molecule has 0 radical (unpaired) electrons. The van der Waals surface area contributed by atoms with E-state index in [-0.39, 0.29) is 24.0 Å². The summed E-state index contributed by atoms with van der Waals surface area (Å²) in [5.41, 5.74) is 6.89. The molecule has 0 spiro atoms. The molecule has 1 atom stereocenters. The van der Waals surface area contributed by atoms with Crippen LogP contribution in [0.3, 0.4) is 0 Å². The van der Waals surface area contributed by atoms with Gasteiger partial charge < -0.3 is 20.7 Å². The number of hydrogen-bond acceptors (Lipinski definition) is 3. The second-order valence-corrected chi connectivity index (χ2v) is 6.39. The van der Waals surface area contributed by atoms with Gasteiger partial charge in [-0.15, -0.1) is 24.0 Å². The average Bonchev–Trinajstić information content (AvgIpc) is 2.93. The molecular formula is C17H29IN4O. The highest BCUT2D eigenvalue weighted by Gasteiger charge is 2.22. The largest absolute Gasteiger partial charge is 0.497 e. The number of methoxy groups -OCH3 is 1. The molecule has 5 nitrogen and oxygen atoms in total. The van der Waals surface area contributed by atoms with Crippen LogP contribution >= 0.6 is 24.0 Å². The van der Waals surface area contributed by atoms with Crippen LogP contribution in [0.15, 0.2) is 29.3 Å². The summed E-state index contributed by atoms with van der Waals surface area (Å²) in [5, 5.41) is 3.12. The Kier molecular flexibility index (Phi) is 8.68. The number of nitrogens with zero attached hydrogens (tertiary/aromatic N) is 2. The third-order valence-corrected chi connectivity index (χ3v) is 3.88. The minimum Gasteiger partial charge on any atom is -0.497 e. The number of ether oxygens (including phenoxy) is 1. The van der Waals surface area contributed by atoms with Crippen LogP contribution in [-0.4, -0.2) is 44.1 Å². The lowest BCUT2D eigenvalue weighted by molar-refractivity contribution is 0.288. The number of halogens is 1. The molecule has 1 heterocycles. The van der Waals surface area contributed by atoms with E-state index < -0.39 is 0 Å². The van der Waals surface area contributed by atoms with Crippen molar-refractivity contribution >= 4 is 35.6 Å². The van der Waals surface area contributed by atoms with Gasteiger partial charge in [-0.2, -0.15) is 0 Å². The smallest absolute Gasteiger partial charge is 0.193 e. The van der Waals surface area contributed by atoms with Crippen molar-refractivity contribution < 1.29 is 4.74 Å². The van der Waals surface area contributed by atoms with Gasteiger partial charge in [-0.25, -0.2) is 0 Å². The summed E-state index contributed by atoms with van der Waals surface area (Å²) >= 11 is 0. The summed E-state index contributed by atoms with van der Waals surface area (Å²) in [6.45, 7) is 8.83. The topological polar surface area (TPSA) is 62.9 Å². The Morgan fingerprint density at radius 3 is 2.70 bits per heavy atom. The molecule has 1 saturated heterocycles. The molecule has 6 heteroatoms. The molecule has 2 rings (SSSR count). The lowest BCUT2D eigenvalue weighted by Crippen LogP contribution is -2.26. The van der Waals surface area contributed by atoms with Crippen LogP contribution in [0.25, 0.3) is 0 Å². The SMILES string of the molecule is COc1ccc(NC(N)=NCC2CCN(CC(C)C)C2)cc1.I. The van der Waals surface area contributed by atoms with Gasteiger partial charge in [0.05, 0.1) is 7.11 Å². The fourth-order valence-electron chi connectivity index (χ4n) is 2.83. The van der Waals surface area contributed by atoms with E-state index in [1.165, 1.54) is 19.5 Å². The van der Waals surface area contributed by atoms with Crippen molar-refractivity contribution in [1.82, 2.24) is 4.90 Å². The number of anilines is 1. The first-order valence-electron chi connectivity index (χ1n) is 8.00. The number of hydrogen-bond donors (Lipinski definition) is 2. The molecule has 0 amide bonds. The molecule has 1 fully saturated rings. The van der Waals surface area contributed by atoms with Crippen molar-refractivity contribution in [2.45, 2.75) is 20.3 Å². The molecule has 1 aliphatic heterocycles. The van der Waals surface area contributed by atoms with Gasteiger partial charge in [0.1, 0.15) is 5.75 Å². The minimum absolute atomic E-state index is 0. The Bertz CT molecular complexity index is 490. The van der Waals surface area contributed by atoms with Crippen LogP contribution in [0, 0.1) is 11.8 Å². The van der Waals surface area contributed by atoms with Crippen LogP contribution in [0.4, 0.5) is 5.69 Å². The van der Waals surface area contributed by atoms with E-state index in [1.54, 1.807) is 7.11 Å². The van der Waals surface area contributed by atoms with Crippen LogP contribution in [0.5, 0.6) is 5.75 Å². The van der Waals surface area contributed by atoms with E-state index in [4.69, 9.17) is 10.5 Å². The summed E-state index contributed by atoms with van der Waals surface area (Å²) < 4.78 is 5.13. The maximum Gasteiger partial charge on any atom is 0.193 e. The van der Waals surface area contributed by atoms with Gasteiger partial charge in [0.2, 0.25) is 0 Å². The molecule has 0 aliphatic carbocycles. The maximum absolute atomic E-state index is 5.96. The summed E-state index contributed by atoms with van der Waals surface area (Å²) in [4.78, 5) is 7.01. The predicted octanol–water partition coefficient (Wildman–Crippen LogP) is 3.02. The van der Waals surface area contributed by atoms with Crippen molar-refractivity contribution in [2.24, 2.45) is 22.6 Å². The van der Waals surface area contributed by atoms with Gasteiger partial charge in [-0.05, 0) is 49.1 Å². The monoisotopic (exact) mass is 432 g/mol. The quantitative estimate of drug-likeness (QED) is 0.412. The zero-order valence-corrected chi connectivity index (χ0v) is 16.6. The Hall–Kier alpha value is -1.02. The van der Waals surface area contributed by atoms with E-state index >= 15 is 0 Å². The van der Waals surface area contributed by atoms with Crippen molar-refractivity contribution in [3.63, 3.8) is 0 Å². The van der Waals surface area contributed by atoms with Gasteiger partial charge in [0.15, 0.2) is 5.96 Å². The van der Waals surface area contributed by atoms with Crippen molar-refractivity contribution in [2.75, 3.05) is 38.6 Å². The van der Waals surface area contributed by atoms with Crippen LogP contribution in [-0.2, 0) is 0 Å². The fraction of sp³-hybridized carbons (Fsp3) is 0.588. The number of nitrogens with two attached hydrogens (primary N) is 1. The second-order valence-electron chi connectivity index (χ2n) is 6.39. The van der Waals surface area contributed by atoms with E-state index in [0.29, 0.717) is 11.9 Å². The van der Waals surface area contributed by atoms with Gasteiger partial charge in [-0.3, -0.25) is 4.99 Å². The Morgan fingerprint density at radius 1 is 1.39 bits per heavy atom. The van der Waals surface area contributed by atoms with Gasteiger partial charge in [0.25, 0.3) is 0 Å². The van der Waals surface area contributed by atoms with Gasteiger partial charge >= 0.3 is 0 Å². The zero-order valence-electron chi connectivity index (χ0n) is 14.3. The van der Waals surface area contributed by atoms with Crippen LogP contribution < -0.4 is 15.8 Å².